The van der Waals surface area contributed by atoms with Gasteiger partial charge in [-0.1, -0.05) is 25.4 Å². The second kappa shape index (κ2) is 6.08. The van der Waals surface area contributed by atoms with Gasteiger partial charge in [0.1, 0.15) is 6.07 Å². The number of hydrogen-bond donors (Lipinski definition) is 1. The number of aromatic nitrogens is 2. The number of benzene rings is 1. The fraction of sp³-hybridized carbons (Fsp3) is 0.333. The van der Waals surface area contributed by atoms with Gasteiger partial charge in [0.2, 0.25) is 0 Å². The van der Waals surface area contributed by atoms with Crippen LogP contribution in [0.4, 0.5) is 0 Å². The van der Waals surface area contributed by atoms with Crippen molar-refractivity contribution < 1.29 is 0 Å². The van der Waals surface area contributed by atoms with Gasteiger partial charge in [-0.25, -0.2) is 4.98 Å². The van der Waals surface area contributed by atoms with Gasteiger partial charge in [0.05, 0.1) is 28.8 Å². The first kappa shape index (κ1) is 14.6. The summed E-state index contributed by atoms with van der Waals surface area (Å²) in [4.78, 5) is 4.17. The van der Waals surface area contributed by atoms with Crippen molar-refractivity contribution in [1.29, 1.82) is 5.26 Å². The van der Waals surface area contributed by atoms with Gasteiger partial charge in [0.25, 0.3) is 0 Å². The van der Waals surface area contributed by atoms with Gasteiger partial charge in [-0.3, -0.25) is 0 Å². The number of halogens is 1. The molecule has 2 N–H and O–H groups in total. The van der Waals surface area contributed by atoms with Gasteiger partial charge in [-0.2, -0.15) is 5.26 Å². The first-order valence-electron chi connectivity index (χ1n) is 6.50. The van der Waals surface area contributed by atoms with Crippen LogP contribution < -0.4 is 5.73 Å². The van der Waals surface area contributed by atoms with Crippen molar-refractivity contribution in [2.75, 3.05) is 0 Å². The van der Waals surface area contributed by atoms with Gasteiger partial charge in [-0.05, 0) is 30.5 Å². The number of rotatable bonds is 4. The van der Waals surface area contributed by atoms with E-state index in [1.807, 2.05) is 16.7 Å². The van der Waals surface area contributed by atoms with Crippen LogP contribution in [-0.4, -0.2) is 9.55 Å². The Morgan fingerprint density at radius 2 is 2.20 bits per heavy atom. The second-order valence-corrected chi connectivity index (χ2v) is 5.61. The maximum atomic E-state index is 8.91. The topological polar surface area (TPSA) is 67.6 Å². The smallest absolute Gasteiger partial charge is 0.101 e. The number of hydrogen-bond acceptors (Lipinski definition) is 3. The largest absolute Gasteiger partial charge is 0.323 e. The normalized spacial score (nSPS) is 12.4. The molecule has 0 fully saturated rings. The lowest BCUT2D eigenvalue weighted by molar-refractivity contribution is 0.498. The zero-order valence-corrected chi connectivity index (χ0v) is 12.3. The van der Waals surface area contributed by atoms with Crippen molar-refractivity contribution in [2.24, 2.45) is 11.7 Å². The predicted octanol–water partition coefficient (Wildman–Crippen LogP) is 3.44. The minimum Gasteiger partial charge on any atom is -0.323 e. The highest BCUT2D eigenvalue weighted by molar-refractivity contribution is 6.31. The Bertz CT molecular complexity index is 640. The van der Waals surface area contributed by atoms with Crippen LogP contribution in [0.1, 0.15) is 37.6 Å². The van der Waals surface area contributed by atoms with E-state index in [4.69, 9.17) is 22.6 Å². The molecule has 1 unspecified atom stereocenters. The zero-order chi connectivity index (χ0) is 14.7. The maximum absolute atomic E-state index is 8.91. The minimum absolute atomic E-state index is 0.0769. The summed E-state index contributed by atoms with van der Waals surface area (Å²) in [5.74, 6) is 0.512. The summed E-state index contributed by atoms with van der Waals surface area (Å²) in [6.45, 7) is 4.28. The lowest BCUT2D eigenvalue weighted by Crippen LogP contribution is -2.16. The first-order valence-corrected chi connectivity index (χ1v) is 6.88. The standard InChI is InChI=1S/C15H17ClN4/c1-10(2)5-14(18)15-8-19-9-20(15)12-4-3-11(7-17)13(16)6-12/h3-4,6,8-10,14H,5,18H2,1-2H3. The lowest BCUT2D eigenvalue weighted by atomic mass is 10.0. The second-order valence-electron chi connectivity index (χ2n) is 5.20. The molecule has 20 heavy (non-hydrogen) atoms. The molecule has 0 aliphatic heterocycles. The van der Waals surface area contributed by atoms with E-state index >= 15 is 0 Å². The third kappa shape index (κ3) is 3.01. The highest BCUT2D eigenvalue weighted by atomic mass is 35.5. The molecule has 0 aliphatic rings. The Labute approximate surface area is 123 Å². The number of imidazole rings is 1. The Balaban J connectivity index is 2.37. The summed E-state index contributed by atoms with van der Waals surface area (Å²) in [6, 6.07) is 7.28. The monoisotopic (exact) mass is 288 g/mol. The molecule has 1 aromatic carbocycles. The van der Waals surface area contributed by atoms with E-state index in [1.54, 1.807) is 24.7 Å². The van der Waals surface area contributed by atoms with Crippen molar-refractivity contribution in [3.05, 3.63) is 47.0 Å². The summed E-state index contributed by atoms with van der Waals surface area (Å²) in [6.07, 6.45) is 4.38. The average molecular weight is 289 g/mol. The summed E-state index contributed by atoms with van der Waals surface area (Å²) in [5, 5.41) is 9.34. The Kier molecular flexibility index (Phi) is 4.43. The highest BCUT2D eigenvalue weighted by Crippen LogP contribution is 2.24. The summed E-state index contributed by atoms with van der Waals surface area (Å²) < 4.78 is 1.92. The molecule has 1 aromatic heterocycles. The molecule has 0 saturated heterocycles. The minimum atomic E-state index is -0.0769. The van der Waals surface area contributed by atoms with Gasteiger partial charge in [0, 0.05) is 11.7 Å². The predicted molar refractivity (Wildman–Crippen MR) is 79.7 cm³/mol. The third-order valence-corrected chi connectivity index (χ3v) is 3.44. The Hall–Kier alpha value is -1.83. The Morgan fingerprint density at radius 3 is 2.80 bits per heavy atom. The molecule has 0 spiro atoms. The van der Waals surface area contributed by atoms with Crippen molar-refractivity contribution >= 4 is 11.6 Å². The number of nitrogens with zero attached hydrogens (tertiary/aromatic N) is 3. The SMILES string of the molecule is CC(C)CC(N)c1cncn1-c1ccc(C#N)c(Cl)c1. The molecular weight excluding hydrogens is 272 g/mol. The van der Waals surface area contributed by atoms with Crippen molar-refractivity contribution in [3.8, 4) is 11.8 Å². The highest BCUT2D eigenvalue weighted by Gasteiger charge is 2.14. The molecule has 1 heterocycles. The van der Waals surface area contributed by atoms with Crippen molar-refractivity contribution in [2.45, 2.75) is 26.3 Å². The van der Waals surface area contributed by atoms with E-state index in [2.05, 4.69) is 18.8 Å². The molecule has 0 bridgehead atoms. The van der Waals surface area contributed by atoms with Crippen LogP contribution >= 0.6 is 11.6 Å². The fourth-order valence-corrected chi connectivity index (χ4v) is 2.39. The molecule has 0 aliphatic carbocycles. The molecule has 1 atom stereocenters. The molecule has 5 heteroatoms. The van der Waals surface area contributed by atoms with Crippen LogP contribution in [0.25, 0.3) is 5.69 Å². The van der Waals surface area contributed by atoms with E-state index in [0.29, 0.717) is 16.5 Å². The lowest BCUT2D eigenvalue weighted by Gasteiger charge is -2.16. The van der Waals surface area contributed by atoms with Gasteiger partial charge < -0.3 is 10.3 Å². The van der Waals surface area contributed by atoms with Gasteiger partial charge in [-0.15, -0.1) is 0 Å². The molecule has 2 rings (SSSR count). The van der Waals surface area contributed by atoms with Gasteiger partial charge >= 0.3 is 0 Å². The molecule has 4 nitrogen and oxygen atoms in total. The molecule has 0 amide bonds. The van der Waals surface area contributed by atoms with E-state index < -0.39 is 0 Å². The van der Waals surface area contributed by atoms with Crippen molar-refractivity contribution in [3.63, 3.8) is 0 Å². The van der Waals surface area contributed by atoms with Crippen LogP contribution in [0.2, 0.25) is 5.02 Å². The van der Waals surface area contributed by atoms with Crippen LogP contribution in [0.5, 0.6) is 0 Å². The van der Waals surface area contributed by atoms with Crippen LogP contribution in [0.15, 0.2) is 30.7 Å². The third-order valence-electron chi connectivity index (χ3n) is 3.12. The molecule has 0 saturated carbocycles. The van der Waals surface area contributed by atoms with E-state index in [1.165, 1.54) is 0 Å². The summed E-state index contributed by atoms with van der Waals surface area (Å²) >= 11 is 6.08. The fourth-order valence-electron chi connectivity index (χ4n) is 2.17. The molecule has 104 valence electrons. The Morgan fingerprint density at radius 1 is 1.45 bits per heavy atom. The van der Waals surface area contributed by atoms with Gasteiger partial charge in [0.15, 0.2) is 0 Å². The summed E-state index contributed by atoms with van der Waals surface area (Å²) in [7, 11) is 0. The van der Waals surface area contributed by atoms with Crippen LogP contribution in [0.3, 0.4) is 0 Å². The van der Waals surface area contributed by atoms with Crippen LogP contribution in [0, 0.1) is 17.2 Å². The molecular formula is C15H17ClN4. The molecule has 0 radical (unpaired) electrons. The summed E-state index contributed by atoms with van der Waals surface area (Å²) in [5.41, 5.74) is 8.49. The van der Waals surface area contributed by atoms with E-state index in [-0.39, 0.29) is 6.04 Å². The van der Waals surface area contributed by atoms with E-state index in [0.717, 1.165) is 17.8 Å². The first-order chi connectivity index (χ1) is 9.52. The molecule has 2 aromatic rings. The van der Waals surface area contributed by atoms with Crippen molar-refractivity contribution in [1.82, 2.24) is 9.55 Å². The quantitative estimate of drug-likeness (QED) is 0.937. The van der Waals surface area contributed by atoms with Crippen LogP contribution in [-0.2, 0) is 0 Å². The zero-order valence-electron chi connectivity index (χ0n) is 11.5. The van der Waals surface area contributed by atoms with E-state index in [9.17, 15) is 0 Å². The maximum Gasteiger partial charge on any atom is 0.101 e. The average Bonchev–Trinajstić information content (AvgIpc) is 2.87. The number of nitriles is 1. The number of nitrogens with two attached hydrogens (primary N) is 1.